The molecule has 1 aromatic carbocycles. The molecular formula is C14H23N3O. The lowest BCUT2D eigenvalue weighted by Crippen LogP contribution is -2.29. The molecule has 0 aliphatic carbocycles. The standard InChI is InChI=1S/C14H23N3O/c1-2-17(12-10-14(15)16-18)11-6-9-13-7-4-3-5-8-13/h3-5,7-8,18H,2,6,9-12H2,1H3,(H2,15,16). The fraction of sp³-hybridized carbons (Fsp3) is 0.500. The van der Waals surface area contributed by atoms with Gasteiger partial charge in [0.1, 0.15) is 5.84 Å². The fourth-order valence-corrected chi connectivity index (χ4v) is 1.90. The maximum absolute atomic E-state index is 8.49. The summed E-state index contributed by atoms with van der Waals surface area (Å²) in [6.45, 7) is 5.02. The molecule has 0 saturated heterocycles. The van der Waals surface area contributed by atoms with Crippen LogP contribution in [0.5, 0.6) is 0 Å². The van der Waals surface area contributed by atoms with Crippen LogP contribution in [-0.2, 0) is 6.42 Å². The first-order valence-corrected chi connectivity index (χ1v) is 6.49. The Morgan fingerprint density at radius 1 is 1.28 bits per heavy atom. The zero-order valence-corrected chi connectivity index (χ0v) is 11.0. The highest BCUT2D eigenvalue weighted by Crippen LogP contribution is 2.04. The number of aryl methyl sites for hydroxylation is 1. The highest BCUT2D eigenvalue weighted by atomic mass is 16.4. The predicted octanol–water partition coefficient (Wildman–Crippen LogP) is 2.08. The second kappa shape index (κ2) is 8.53. The number of amidine groups is 1. The van der Waals surface area contributed by atoms with E-state index < -0.39 is 0 Å². The molecule has 0 amide bonds. The molecular weight excluding hydrogens is 226 g/mol. The van der Waals surface area contributed by atoms with E-state index in [0.717, 1.165) is 32.5 Å². The Kier molecular flexibility index (Phi) is 6.87. The molecule has 0 atom stereocenters. The third-order valence-corrected chi connectivity index (χ3v) is 3.04. The average molecular weight is 249 g/mol. The number of rotatable bonds is 8. The van der Waals surface area contributed by atoms with E-state index in [9.17, 15) is 0 Å². The van der Waals surface area contributed by atoms with E-state index in [4.69, 9.17) is 10.9 Å². The van der Waals surface area contributed by atoms with Crippen LogP contribution in [0, 0.1) is 0 Å². The van der Waals surface area contributed by atoms with Gasteiger partial charge in [0.25, 0.3) is 0 Å². The summed E-state index contributed by atoms with van der Waals surface area (Å²) >= 11 is 0. The van der Waals surface area contributed by atoms with Crippen molar-refractivity contribution >= 4 is 5.84 Å². The van der Waals surface area contributed by atoms with Crippen molar-refractivity contribution in [2.45, 2.75) is 26.2 Å². The van der Waals surface area contributed by atoms with Gasteiger partial charge in [-0.1, -0.05) is 42.4 Å². The molecule has 0 heterocycles. The summed E-state index contributed by atoms with van der Waals surface area (Å²) < 4.78 is 0. The number of oxime groups is 1. The second-order valence-corrected chi connectivity index (χ2v) is 4.36. The Balaban J connectivity index is 2.23. The lowest BCUT2D eigenvalue weighted by atomic mass is 10.1. The van der Waals surface area contributed by atoms with E-state index in [1.807, 2.05) is 6.07 Å². The molecule has 0 aromatic heterocycles. The van der Waals surface area contributed by atoms with Gasteiger partial charge in [-0.2, -0.15) is 0 Å². The minimum Gasteiger partial charge on any atom is -0.409 e. The number of nitrogens with zero attached hydrogens (tertiary/aromatic N) is 2. The predicted molar refractivity (Wildman–Crippen MR) is 74.9 cm³/mol. The number of nitrogens with two attached hydrogens (primary N) is 1. The van der Waals surface area contributed by atoms with Gasteiger partial charge >= 0.3 is 0 Å². The van der Waals surface area contributed by atoms with Crippen LogP contribution < -0.4 is 5.73 Å². The van der Waals surface area contributed by atoms with Crippen molar-refractivity contribution in [2.24, 2.45) is 10.9 Å². The topological polar surface area (TPSA) is 61.8 Å². The van der Waals surface area contributed by atoms with Crippen LogP contribution in [0.4, 0.5) is 0 Å². The summed E-state index contributed by atoms with van der Waals surface area (Å²) in [4.78, 5) is 2.32. The van der Waals surface area contributed by atoms with Gasteiger partial charge in [-0.25, -0.2) is 0 Å². The average Bonchev–Trinajstić information content (AvgIpc) is 2.43. The van der Waals surface area contributed by atoms with E-state index in [1.165, 1.54) is 5.56 Å². The van der Waals surface area contributed by atoms with E-state index in [2.05, 4.69) is 41.2 Å². The molecule has 0 fully saturated rings. The van der Waals surface area contributed by atoms with Crippen LogP contribution >= 0.6 is 0 Å². The lowest BCUT2D eigenvalue weighted by Gasteiger charge is -2.19. The first-order valence-electron chi connectivity index (χ1n) is 6.49. The van der Waals surface area contributed by atoms with E-state index in [0.29, 0.717) is 12.3 Å². The van der Waals surface area contributed by atoms with Crippen molar-refractivity contribution in [3.63, 3.8) is 0 Å². The molecule has 0 spiro atoms. The zero-order chi connectivity index (χ0) is 13.2. The molecule has 3 N–H and O–H groups in total. The van der Waals surface area contributed by atoms with E-state index >= 15 is 0 Å². The molecule has 4 heteroatoms. The lowest BCUT2D eigenvalue weighted by molar-refractivity contribution is 0.287. The van der Waals surface area contributed by atoms with Gasteiger partial charge in [-0.3, -0.25) is 0 Å². The molecule has 18 heavy (non-hydrogen) atoms. The van der Waals surface area contributed by atoms with Crippen molar-refractivity contribution in [1.82, 2.24) is 4.90 Å². The van der Waals surface area contributed by atoms with E-state index in [-0.39, 0.29) is 0 Å². The maximum Gasteiger partial charge on any atom is 0.140 e. The molecule has 0 aliphatic rings. The van der Waals surface area contributed by atoms with Crippen LogP contribution in [0.2, 0.25) is 0 Å². The second-order valence-electron chi connectivity index (χ2n) is 4.36. The van der Waals surface area contributed by atoms with Crippen LogP contribution in [-0.4, -0.2) is 35.6 Å². The Labute approximate surface area is 109 Å². The van der Waals surface area contributed by atoms with Gasteiger partial charge in [0.2, 0.25) is 0 Å². The summed E-state index contributed by atoms with van der Waals surface area (Å²) in [5.74, 6) is 0.302. The number of benzene rings is 1. The molecule has 1 aromatic rings. The van der Waals surface area contributed by atoms with Gasteiger partial charge < -0.3 is 15.8 Å². The Hall–Kier alpha value is -1.55. The molecule has 0 bridgehead atoms. The molecule has 1 rings (SSSR count). The molecule has 4 nitrogen and oxygen atoms in total. The SMILES string of the molecule is CCN(CCCc1ccccc1)CCC(N)=NO. The Morgan fingerprint density at radius 3 is 2.61 bits per heavy atom. The van der Waals surface area contributed by atoms with Crippen LogP contribution in [0.15, 0.2) is 35.5 Å². The van der Waals surface area contributed by atoms with Gasteiger partial charge in [-0.05, 0) is 31.5 Å². The van der Waals surface area contributed by atoms with Gasteiger partial charge in [0, 0.05) is 13.0 Å². The molecule has 0 saturated carbocycles. The van der Waals surface area contributed by atoms with Gasteiger partial charge in [-0.15, -0.1) is 0 Å². The smallest absolute Gasteiger partial charge is 0.140 e. The quantitative estimate of drug-likeness (QED) is 0.321. The van der Waals surface area contributed by atoms with Gasteiger partial charge in [0.15, 0.2) is 0 Å². The largest absolute Gasteiger partial charge is 0.409 e. The van der Waals surface area contributed by atoms with Crippen LogP contribution in [0.3, 0.4) is 0 Å². The minimum absolute atomic E-state index is 0.302. The first-order chi connectivity index (χ1) is 8.76. The van der Waals surface area contributed by atoms with E-state index in [1.54, 1.807) is 0 Å². The van der Waals surface area contributed by atoms with Crippen molar-refractivity contribution < 1.29 is 5.21 Å². The Morgan fingerprint density at radius 2 is 2.00 bits per heavy atom. The highest BCUT2D eigenvalue weighted by Gasteiger charge is 2.03. The summed E-state index contributed by atoms with van der Waals surface area (Å²) in [5, 5.41) is 11.5. The molecule has 0 unspecified atom stereocenters. The highest BCUT2D eigenvalue weighted by molar-refractivity contribution is 5.79. The van der Waals surface area contributed by atoms with Gasteiger partial charge in [0.05, 0.1) is 0 Å². The first kappa shape index (κ1) is 14.5. The summed E-state index contributed by atoms with van der Waals surface area (Å²) in [6, 6.07) is 10.5. The van der Waals surface area contributed by atoms with Crippen molar-refractivity contribution in [3.05, 3.63) is 35.9 Å². The summed E-state index contributed by atoms with van der Waals surface area (Å²) in [6.07, 6.45) is 2.85. The minimum atomic E-state index is 0.302. The Bertz CT molecular complexity index is 351. The van der Waals surface area contributed by atoms with Crippen LogP contribution in [0.25, 0.3) is 0 Å². The molecule has 0 aliphatic heterocycles. The third-order valence-electron chi connectivity index (χ3n) is 3.04. The summed E-state index contributed by atoms with van der Waals surface area (Å²) in [5.41, 5.74) is 6.85. The summed E-state index contributed by atoms with van der Waals surface area (Å²) in [7, 11) is 0. The number of hydrogen-bond donors (Lipinski definition) is 2. The zero-order valence-electron chi connectivity index (χ0n) is 11.0. The van der Waals surface area contributed by atoms with Crippen LogP contribution in [0.1, 0.15) is 25.3 Å². The normalized spacial score (nSPS) is 12.0. The third kappa shape index (κ3) is 5.68. The van der Waals surface area contributed by atoms with Crippen molar-refractivity contribution in [2.75, 3.05) is 19.6 Å². The van der Waals surface area contributed by atoms with Crippen molar-refractivity contribution in [1.29, 1.82) is 0 Å². The monoisotopic (exact) mass is 249 g/mol. The maximum atomic E-state index is 8.49. The fourth-order valence-electron chi connectivity index (χ4n) is 1.90. The molecule has 0 radical (unpaired) electrons. The molecule has 100 valence electrons. The van der Waals surface area contributed by atoms with Crippen molar-refractivity contribution in [3.8, 4) is 0 Å². The number of hydrogen-bond acceptors (Lipinski definition) is 3.